The number of likely N-dealkylation sites (N-methyl/N-ethyl adjacent to an activating group) is 1. The van der Waals surface area contributed by atoms with Gasteiger partial charge < -0.3 is 20.0 Å². The Labute approximate surface area is 183 Å². The maximum absolute atomic E-state index is 13.2. The standard InChI is InChI=1S/C24H30N6O/c1-15(2)26-24(31)18-13-17-20(29-12-10-16(14-29)28(3)4)9-11-25-22(17)30-21-8-6-5-7-19(21)27-23(18)30/h5-9,11,13,15-16,19,21H,10,12,14H2,1-4H3,(H,26,31). The van der Waals surface area contributed by atoms with Crippen molar-refractivity contribution in [2.24, 2.45) is 4.99 Å². The lowest BCUT2D eigenvalue weighted by molar-refractivity contribution is -0.117. The monoisotopic (exact) mass is 418 g/mol. The molecule has 1 fully saturated rings. The van der Waals surface area contributed by atoms with Crippen LogP contribution in [0.15, 0.2) is 47.1 Å². The van der Waals surface area contributed by atoms with Crippen molar-refractivity contribution in [3.63, 3.8) is 0 Å². The number of fused-ring (bicyclic) bond motifs is 5. The lowest BCUT2D eigenvalue weighted by Crippen LogP contribution is -2.45. The van der Waals surface area contributed by atoms with Gasteiger partial charge in [-0.05, 0) is 46.5 Å². The van der Waals surface area contributed by atoms with Gasteiger partial charge in [0.25, 0.3) is 5.91 Å². The maximum atomic E-state index is 13.2. The number of allylic oxidation sites excluding steroid dienone is 2. The Kier molecular flexibility index (Phi) is 4.93. The highest BCUT2D eigenvalue weighted by atomic mass is 16.1. The van der Waals surface area contributed by atoms with Crippen molar-refractivity contribution < 1.29 is 4.79 Å². The van der Waals surface area contributed by atoms with Gasteiger partial charge in [0.2, 0.25) is 0 Å². The molecule has 1 aromatic rings. The average molecular weight is 419 g/mol. The van der Waals surface area contributed by atoms with E-state index in [4.69, 9.17) is 9.98 Å². The first-order valence-corrected chi connectivity index (χ1v) is 11.1. The fraction of sp³-hybridized carbons (Fsp3) is 0.458. The van der Waals surface area contributed by atoms with Crippen molar-refractivity contribution in [3.8, 4) is 0 Å². The van der Waals surface area contributed by atoms with Crippen molar-refractivity contribution in [3.05, 3.63) is 47.7 Å². The lowest BCUT2D eigenvalue weighted by Gasteiger charge is -2.34. The van der Waals surface area contributed by atoms with Crippen LogP contribution in [0.4, 0.5) is 11.5 Å². The summed E-state index contributed by atoms with van der Waals surface area (Å²) in [6.07, 6.45) is 13.3. The summed E-state index contributed by atoms with van der Waals surface area (Å²) in [5, 5.41) is 3.06. The Hall–Kier alpha value is -2.93. The summed E-state index contributed by atoms with van der Waals surface area (Å²) in [4.78, 5) is 29.7. The van der Waals surface area contributed by atoms with E-state index in [0.29, 0.717) is 17.5 Å². The van der Waals surface area contributed by atoms with Crippen molar-refractivity contribution in [2.45, 2.75) is 44.4 Å². The molecule has 1 aliphatic carbocycles. The largest absolute Gasteiger partial charge is 0.369 e. The molecule has 0 radical (unpaired) electrons. The molecule has 7 heteroatoms. The molecule has 31 heavy (non-hydrogen) atoms. The molecule has 1 amide bonds. The molecule has 3 unspecified atom stereocenters. The topological polar surface area (TPSA) is 64.1 Å². The summed E-state index contributed by atoms with van der Waals surface area (Å²) in [5.74, 6) is 1.52. The number of pyridine rings is 1. The zero-order valence-electron chi connectivity index (χ0n) is 18.6. The highest BCUT2D eigenvalue weighted by molar-refractivity contribution is 6.32. The van der Waals surface area contributed by atoms with Gasteiger partial charge in [0, 0.05) is 42.6 Å². The molecule has 1 saturated heterocycles. The molecule has 0 saturated carbocycles. The zero-order valence-corrected chi connectivity index (χ0v) is 18.6. The number of amidine groups is 1. The number of aromatic nitrogens is 1. The normalized spacial score (nSPS) is 26.1. The SMILES string of the molecule is CC(C)NC(=O)C1=Cc2c(N3CCC(N(C)C)C3)ccnc2N2C1=NC1C=CC=CC12. The number of anilines is 2. The van der Waals surface area contributed by atoms with Crippen LogP contribution in [0.2, 0.25) is 0 Å². The molecule has 7 nitrogen and oxygen atoms in total. The molecule has 162 valence electrons. The third kappa shape index (κ3) is 3.37. The fourth-order valence-corrected chi connectivity index (χ4v) is 4.88. The number of rotatable bonds is 4. The van der Waals surface area contributed by atoms with Gasteiger partial charge in [-0.25, -0.2) is 4.98 Å². The van der Waals surface area contributed by atoms with E-state index in [-0.39, 0.29) is 24.0 Å². The number of hydrogen-bond donors (Lipinski definition) is 1. The second-order valence-corrected chi connectivity index (χ2v) is 9.18. The number of nitrogens with one attached hydrogen (secondary N) is 1. The smallest absolute Gasteiger partial charge is 0.255 e. The molecule has 5 rings (SSSR count). The van der Waals surface area contributed by atoms with Crippen LogP contribution in [0.1, 0.15) is 25.8 Å². The van der Waals surface area contributed by atoms with Crippen LogP contribution in [0.25, 0.3) is 6.08 Å². The van der Waals surface area contributed by atoms with Gasteiger partial charge in [-0.3, -0.25) is 9.79 Å². The van der Waals surface area contributed by atoms with E-state index in [1.807, 2.05) is 32.2 Å². The van der Waals surface area contributed by atoms with Crippen LogP contribution in [-0.2, 0) is 4.79 Å². The average Bonchev–Trinajstić information content (AvgIpc) is 3.37. The first-order chi connectivity index (χ1) is 14.9. The van der Waals surface area contributed by atoms with Crippen LogP contribution in [0.5, 0.6) is 0 Å². The van der Waals surface area contributed by atoms with E-state index in [1.165, 1.54) is 0 Å². The van der Waals surface area contributed by atoms with Crippen LogP contribution < -0.4 is 15.1 Å². The van der Waals surface area contributed by atoms with E-state index >= 15 is 0 Å². The van der Waals surface area contributed by atoms with E-state index in [0.717, 1.165) is 36.6 Å². The molecule has 1 N–H and O–H groups in total. The second-order valence-electron chi connectivity index (χ2n) is 9.18. The van der Waals surface area contributed by atoms with Crippen LogP contribution in [0, 0.1) is 0 Å². The Balaban J connectivity index is 1.61. The van der Waals surface area contributed by atoms with E-state index < -0.39 is 0 Å². The third-order valence-electron chi connectivity index (χ3n) is 6.48. The van der Waals surface area contributed by atoms with Gasteiger partial charge in [-0.1, -0.05) is 24.3 Å². The number of carbonyl (C=O) groups excluding carboxylic acids is 1. The minimum atomic E-state index is -0.0848. The fourth-order valence-electron chi connectivity index (χ4n) is 4.88. The molecular weight excluding hydrogens is 388 g/mol. The second kappa shape index (κ2) is 7.64. The van der Waals surface area contributed by atoms with Crippen molar-refractivity contribution in [1.82, 2.24) is 15.2 Å². The Morgan fingerprint density at radius 2 is 2.06 bits per heavy atom. The molecular formula is C24H30N6O. The van der Waals surface area contributed by atoms with Crippen molar-refractivity contribution >= 4 is 29.3 Å². The Morgan fingerprint density at radius 3 is 2.81 bits per heavy atom. The minimum Gasteiger partial charge on any atom is -0.369 e. The zero-order chi connectivity index (χ0) is 21.7. The summed E-state index contributed by atoms with van der Waals surface area (Å²) in [7, 11) is 4.28. The number of aliphatic imine (C=N–C) groups is 1. The number of hydrogen-bond acceptors (Lipinski definition) is 6. The molecule has 0 spiro atoms. The first kappa shape index (κ1) is 20.0. The number of nitrogens with zero attached hydrogens (tertiary/aromatic N) is 5. The minimum absolute atomic E-state index is 0.00318. The lowest BCUT2D eigenvalue weighted by atomic mass is 9.98. The highest BCUT2D eigenvalue weighted by Crippen LogP contribution is 2.41. The van der Waals surface area contributed by atoms with Crippen LogP contribution in [0.3, 0.4) is 0 Å². The predicted octanol–water partition coefficient (Wildman–Crippen LogP) is 2.23. The molecule has 0 aromatic carbocycles. The molecule has 3 aliphatic heterocycles. The summed E-state index contributed by atoms with van der Waals surface area (Å²) >= 11 is 0. The molecule has 3 atom stereocenters. The van der Waals surface area contributed by atoms with E-state index in [9.17, 15) is 4.79 Å². The Morgan fingerprint density at radius 1 is 1.26 bits per heavy atom. The van der Waals surface area contributed by atoms with Gasteiger partial charge in [-0.2, -0.15) is 0 Å². The van der Waals surface area contributed by atoms with Crippen LogP contribution in [-0.4, -0.2) is 73.0 Å². The molecule has 1 aromatic heterocycles. The van der Waals surface area contributed by atoms with E-state index in [2.05, 4.69) is 58.4 Å². The summed E-state index contributed by atoms with van der Waals surface area (Å²) in [6, 6.07) is 2.71. The quantitative estimate of drug-likeness (QED) is 0.812. The molecule has 4 aliphatic rings. The van der Waals surface area contributed by atoms with Gasteiger partial charge in [0.05, 0.1) is 17.7 Å². The van der Waals surface area contributed by atoms with E-state index in [1.54, 1.807) is 0 Å². The summed E-state index contributed by atoms with van der Waals surface area (Å²) < 4.78 is 0. The highest BCUT2D eigenvalue weighted by Gasteiger charge is 2.43. The summed E-state index contributed by atoms with van der Waals surface area (Å²) in [6.45, 7) is 5.93. The summed E-state index contributed by atoms with van der Waals surface area (Å²) in [5.41, 5.74) is 2.77. The van der Waals surface area contributed by atoms with Gasteiger partial charge >= 0.3 is 0 Å². The number of carbonyl (C=O) groups is 1. The molecule has 4 heterocycles. The van der Waals surface area contributed by atoms with Crippen molar-refractivity contribution in [1.29, 1.82) is 0 Å². The Bertz CT molecular complexity index is 1020. The maximum Gasteiger partial charge on any atom is 0.255 e. The number of amides is 1. The van der Waals surface area contributed by atoms with Gasteiger partial charge in [0.15, 0.2) is 0 Å². The van der Waals surface area contributed by atoms with Gasteiger partial charge in [0.1, 0.15) is 11.7 Å². The third-order valence-corrected chi connectivity index (χ3v) is 6.48. The van der Waals surface area contributed by atoms with Crippen LogP contribution >= 0.6 is 0 Å². The first-order valence-electron chi connectivity index (χ1n) is 11.1. The molecule has 0 bridgehead atoms. The van der Waals surface area contributed by atoms with Gasteiger partial charge in [-0.15, -0.1) is 0 Å². The van der Waals surface area contributed by atoms with Crippen molar-refractivity contribution in [2.75, 3.05) is 37.0 Å². The predicted molar refractivity (Wildman–Crippen MR) is 126 cm³/mol.